The van der Waals surface area contributed by atoms with Crippen LogP contribution in [0.1, 0.15) is 34.0 Å². The Morgan fingerprint density at radius 3 is 2.26 bits per heavy atom. The van der Waals surface area contributed by atoms with Crippen molar-refractivity contribution in [1.82, 2.24) is 9.78 Å². The molecule has 0 fully saturated rings. The van der Waals surface area contributed by atoms with Crippen LogP contribution in [0.15, 0.2) is 23.2 Å². The Balaban J connectivity index is 2.56. The third kappa shape index (κ3) is 3.14. The van der Waals surface area contributed by atoms with Gasteiger partial charge in [0.1, 0.15) is 5.56 Å². The second-order valence-corrected chi connectivity index (χ2v) is 7.38. The summed E-state index contributed by atoms with van der Waals surface area (Å²) in [6.07, 6.45) is 2.64. The predicted octanol–water partition coefficient (Wildman–Crippen LogP) is 2.16. The topological polar surface area (TPSA) is 78.3 Å². The lowest BCUT2D eigenvalue weighted by Gasteiger charge is -2.11. The van der Waals surface area contributed by atoms with Gasteiger partial charge in [0.25, 0.3) is 0 Å². The Kier molecular flexibility index (Phi) is 4.61. The Bertz CT molecular complexity index is 843. The summed E-state index contributed by atoms with van der Waals surface area (Å²) < 4.78 is 30.6. The summed E-state index contributed by atoms with van der Waals surface area (Å²) in [4.78, 5) is 13.0. The molecule has 0 aliphatic rings. The Morgan fingerprint density at radius 2 is 1.83 bits per heavy atom. The highest BCUT2D eigenvalue weighted by molar-refractivity contribution is 7.90. The maximum Gasteiger partial charge on any atom is 0.223 e. The van der Waals surface area contributed by atoms with Gasteiger partial charge in [-0.05, 0) is 44.0 Å². The van der Waals surface area contributed by atoms with Crippen molar-refractivity contribution in [3.63, 3.8) is 0 Å². The number of aryl methyl sites for hydroxylation is 3. The molecule has 124 valence electrons. The lowest BCUT2D eigenvalue weighted by Crippen LogP contribution is -2.09. The van der Waals surface area contributed by atoms with Crippen LogP contribution in [-0.2, 0) is 16.4 Å². The fourth-order valence-electron chi connectivity index (χ4n) is 2.79. The van der Waals surface area contributed by atoms with E-state index in [1.165, 1.54) is 13.3 Å². The summed E-state index contributed by atoms with van der Waals surface area (Å²) in [5.41, 5.74) is 1.89. The van der Waals surface area contributed by atoms with Gasteiger partial charge in [0.15, 0.2) is 15.6 Å². The Labute approximate surface area is 136 Å². The zero-order valence-electron chi connectivity index (χ0n) is 13.9. The molecule has 0 amide bonds. The average molecular weight is 336 g/mol. The number of methoxy groups -OCH3 is 1. The highest BCUT2D eigenvalue weighted by Gasteiger charge is 2.22. The molecule has 0 aliphatic heterocycles. The Hall–Kier alpha value is -2.15. The van der Waals surface area contributed by atoms with Gasteiger partial charge < -0.3 is 4.74 Å². The number of ketones is 1. The normalized spacial score (nSPS) is 11.5. The van der Waals surface area contributed by atoms with Gasteiger partial charge in [0.05, 0.1) is 18.2 Å². The number of carbonyl (C=O) groups excluding carboxylic acids is 1. The molecule has 1 aromatic heterocycles. The van der Waals surface area contributed by atoms with E-state index < -0.39 is 9.84 Å². The fourth-order valence-corrected chi connectivity index (χ4v) is 4.08. The molecule has 0 aliphatic carbocycles. The predicted molar refractivity (Wildman–Crippen MR) is 86.9 cm³/mol. The van der Waals surface area contributed by atoms with Gasteiger partial charge in [-0.2, -0.15) is 5.10 Å². The second-order valence-electron chi connectivity index (χ2n) is 5.42. The molecule has 23 heavy (non-hydrogen) atoms. The van der Waals surface area contributed by atoms with E-state index in [1.807, 2.05) is 6.92 Å². The molecule has 0 unspecified atom stereocenters. The van der Waals surface area contributed by atoms with E-state index in [4.69, 9.17) is 4.74 Å². The van der Waals surface area contributed by atoms with Crippen LogP contribution in [0.5, 0.6) is 5.88 Å². The minimum absolute atomic E-state index is 0.243. The van der Waals surface area contributed by atoms with Crippen LogP contribution in [0.4, 0.5) is 0 Å². The molecule has 0 saturated carbocycles. The maximum atomic E-state index is 12.7. The smallest absolute Gasteiger partial charge is 0.223 e. The monoisotopic (exact) mass is 336 g/mol. The zero-order chi connectivity index (χ0) is 17.4. The van der Waals surface area contributed by atoms with E-state index in [-0.39, 0.29) is 10.7 Å². The number of benzene rings is 1. The highest BCUT2D eigenvalue weighted by Crippen LogP contribution is 2.26. The first kappa shape index (κ1) is 17.2. The number of hydrogen-bond acceptors (Lipinski definition) is 5. The first-order valence-corrected chi connectivity index (χ1v) is 9.05. The first-order chi connectivity index (χ1) is 10.7. The quantitative estimate of drug-likeness (QED) is 0.782. The second kappa shape index (κ2) is 6.16. The molecule has 7 heteroatoms. The summed E-state index contributed by atoms with van der Waals surface area (Å²) in [5.74, 6) is 0.160. The van der Waals surface area contributed by atoms with Crippen molar-refractivity contribution >= 4 is 15.6 Å². The first-order valence-electron chi connectivity index (χ1n) is 7.16. The largest absolute Gasteiger partial charge is 0.481 e. The van der Waals surface area contributed by atoms with E-state index in [2.05, 4.69) is 5.10 Å². The van der Waals surface area contributed by atoms with E-state index in [9.17, 15) is 13.2 Å². The van der Waals surface area contributed by atoms with Crippen molar-refractivity contribution in [2.45, 2.75) is 32.2 Å². The zero-order valence-corrected chi connectivity index (χ0v) is 14.7. The van der Waals surface area contributed by atoms with Crippen molar-refractivity contribution in [2.24, 2.45) is 0 Å². The van der Waals surface area contributed by atoms with Crippen LogP contribution in [0.25, 0.3) is 0 Å². The molecule has 0 saturated heterocycles. The van der Waals surface area contributed by atoms with Crippen LogP contribution in [0.2, 0.25) is 0 Å². The van der Waals surface area contributed by atoms with Gasteiger partial charge in [0.2, 0.25) is 5.88 Å². The summed E-state index contributed by atoms with van der Waals surface area (Å²) in [7, 11) is -1.85. The van der Waals surface area contributed by atoms with Crippen molar-refractivity contribution in [3.8, 4) is 5.88 Å². The van der Waals surface area contributed by atoms with Crippen molar-refractivity contribution in [1.29, 1.82) is 0 Å². The number of hydrogen-bond donors (Lipinski definition) is 0. The third-order valence-electron chi connectivity index (χ3n) is 3.62. The van der Waals surface area contributed by atoms with E-state index in [1.54, 1.807) is 30.7 Å². The van der Waals surface area contributed by atoms with Crippen LogP contribution in [-0.4, -0.2) is 37.3 Å². The summed E-state index contributed by atoms with van der Waals surface area (Å²) in [5, 5.41) is 4.13. The van der Waals surface area contributed by atoms with Crippen LogP contribution < -0.4 is 4.74 Å². The number of aromatic nitrogens is 2. The van der Waals surface area contributed by atoms with Gasteiger partial charge in [0, 0.05) is 18.4 Å². The number of rotatable bonds is 5. The molecule has 0 radical (unpaired) electrons. The molecule has 6 nitrogen and oxygen atoms in total. The number of sulfone groups is 1. The molecule has 1 heterocycles. The molecule has 0 N–H and O–H groups in total. The Morgan fingerprint density at radius 1 is 1.26 bits per heavy atom. The maximum absolute atomic E-state index is 12.7. The van der Waals surface area contributed by atoms with Crippen molar-refractivity contribution in [3.05, 3.63) is 40.6 Å². The SMILES string of the molecule is CCn1ncc(C(=O)c2cc(C)c(S(C)(=O)=O)c(C)c2)c1OC. The molecule has 2 aromatic rings. The minimum Gasteiger partial charge on any atom is -0.481 e. The fraction of sp³-hybridized carbons (Fsp3) is 0.375. The van der Waals surface area contributed by atoms with Crippen LogP contribution in [0.3, 0.4) is 0 Å². The lowest BCUT2D eigenvalue weighted by atomic mass is 10.0. The average Bonchev–Trinajstić information content (AvgIpc) is 2.86. The molecular weight excluding hydrogens is 316 g/mol. The number of carbonyl (C=O) groups is 1. The summed E-state index contributed by atoms with van der Waals surface area (Å²) in [6.45, 7) is 5.86. The van der Waals surface area contributed by atoms with Gasteiger partial charge in [-0.25, -0.2) is 13.1 Å². The molecule has 0 bridgehead atoms. The van der Waals surface area contributed by atoms with E-state index in [0.717, 1.165) is 6.26 Å². The molecule has 1 aromatic carbocycles. The van der Waals surface area contributed by atoms with Crippen molar-refractivity contribution in [2.75, 3.05) is 13.4 Å². The molecular formula is C16H20N2O4S. The van der Waals surface area contributed by atoms with Crippen LogP contribution in [0, 0.1) is 13.8 Å². The van der Waals surface area contributed by atoms with Gasteiger partial charge in [-0.1, -0.05) is 0 Å². The van der Waals surface area contributed by atoms with Crippen molar-refractivity contribution < 1.29 is 17.9 Å². The van der Waals surface area contributed by atoms with E-state index in [0.29, 0.717) is 34.7 Å². The summed E-state index contributed by atoms with van der Waals surface area (Å²) >= 11 is 0. The minimum atomic E-state index is -3.34. The van der Waals surface area contributed by atoms with Crippen LogP contribution >= 0.6 is 0 Å². The number of nitrogens with zero attached hydrogens (tertiary/aromatic N) is 2. The van der Waals surface area contributed by atoms with Gasteiger partial charge >= 0.3 is 0 Å². The van der Waals surface area contributed by atoms with Gasteiger partial charge in [-0.15, -0.1) is 0 Å². The third-order valence-corrected chi connectivity index (χ3v) is 5.01. The molecule has 0 atom stereocenters. The van der Waals surface area contributed by atoms with Gasteiger partial charge in [-0.3, -0.25) is 4.79 Å². The molecule has 2 rings (SSSR count). The highest BCUT2D eigenvalue weighted by atomic mass is 32.2. The summed E-state index contributed by atoms with van der Waals surface area (Å²) in [6, 6.07) is 3.18. The van der Waals surface area contributed by atoms with E-state index >= 15 is 0 Å². The molecule has 0 spiro atoms. The number of ether oxygens (including phenoxy) is 1. The standard InChI is InChI=1S/C16H20N2O4S/c1-6-18-16(22-4)13(9-17-18)14(19)12-7-10(2)15(11(3)8-12)23(5,20)21/h7-9H,6H2,1-5H3. The lowest BCUT2D eigenvalue weighted by molar-refractivity contribution is 0.103.